The van der Waals surface area contributed by atoms with Gasteiger partial charge in [-0.3, -0.25) is 14.5 Å². The number of nitrogens with one attached hydrogen (secondary N) is 1. The van der Waals surface area contributed by atoms with Gasteiger partial charge < -0.3 is 10.4 Å². The van der Waals surface area contributed by atoms with Gasteiger partial charge in [0.1, 0.15) is 0 Å². The molecular formula is C18H28ClN3O5S. The number of benzene rings is 1. The van der Waals surface area contributed by atoms with E-state index in [-0.39, 0.29) is 35.7 Å². The molecule has 1 saturated heterocycles. The molecule has 1 amide bonds. The lowest BCUT2D eigenvalue weighted by atomic mass is 9.97. The predicted molar refractivity (Wildman–Crippen MR) is 109 cm³/mol. The fourth-order valence-corrected chi connectivity index (χ4v) is 4.62. The Bertz CT molecular complexity index is 758. The standard InChI is InChI=1S/C18H27N3O5S.ClH/c1-3-21(4-2)27(25,26)16-7-5-15(6-8-16)19-17(22)13-20-11-9-14(10-12-20)18(23)24;/h5-8,14H,3-4,9-13H2,1-2H3,(H,19,22)(H,23,24);1H. The highest BCUT2D eigenvalue weighted by atomic mass is 35.5. The number of carbonyl (C=O) groups excluding carboxylic acids is 1. The van der Waals surface area contributed by atoms with Gasteiger partial charge in [0.05, 0.1) is 17.4 Å². The maximum Gasteiger partial charge on any atom is 0.306 e. The second-order valence-electron chi connectivity index (χ2n) is 6.55. The fourth-order valence-electron chi connectivity index (χ4n) is 3.16. The number of piperidine rings is 1. The third-order valence-electron chi connectivity index (χ3n) is 4.79. The number of aliphatic carboxylic acids is 1. The molecule has 1 aliphatic rings. The normalized spacial score (nSPS) is 15.8. The molecule has 2 rings (SSSR count). The summed E-state index contributed by atoms with van der Waals surface area (Å²) < 4.78 is 26.3. The van der Waals surface area contributed by atoms with Gasteiger partial charge in [0.15, 0.2) is 0 Å². The van der Waals surface area contributed by atoms with Crippen LogP contribution < -0.4 is 5.32 Å². The minimum atomic E-state index is -3.52. The molecule has 8 nitrogen and oxygen atoms in total. The van der Waals surface area contributed by atoms with E-state index in [0.29, 0.717) is 44.7 Å². The van der Waals surface area contributed by atoms with Gasteiger partial charge in [-0.05, 0) is 50.2 Å². The van der Waals surface area contributed by atoms with E-state index in [0.717, 1.165) is 0 Å². The van der Waals surface area contributed by atoms with E-state index < -0.39 is 16.0 Å². The molecular weight excluding hydrogens is 406 g/mol. The Labute approximate surface area is 172 Å². The zero-order chi connectivity index (χ0) is 20.0. The second kappa shape index (κ2) is 10.8. The summed E-state index contributed by atoms with van der Waals surface area (Å²) in [7, 11) is -3.52. The van der Waals surface area contributed by atoms with Crippen LogP contribution in [0.25, 0.3) is 0 Å². The Hall–Kier alpha value is -1.68. The molecule has 1 aromatic carbocycles. The molecule has 2 N–H and O–H groups in total. The number of nitrogens with zero attached hydrogens (tertiary/aromatic N) is 2. The number of halogens is 1. The van der Waals surface area contributed by atoms with Crippen molar-refractivity contribution in [1.82, 2.24) is 9.21 Å². The van der Waals surface area contributed by atoms with E-state index >= 15 is 0 Å². The van der Waals surface area contributed by atoms with Crippen LogP contribution in [0.2, 0.25) is 0 Å². The van der Waals surface area contributed by atoms with E-state index in [9.17, 15) is 18.0 Å². The van der Waals surface area contributed by atoms with Gasteiger partial charge in [0, 0.05) is 18.8 Å². The summed E-state index contributed by atoms with van der Waals surface area (Å²) in [5, 5.41) is 11.8. The molecule has 10 heteroatoms. The van der Waals surface area contributed by atoms with Gasteiger partial charge in [-0.1, -0.05) is 13.8 Å². The molecule has 1 aromatic rings. The monoisotopic (exact) mass is 433 g/mol. The lowest BCUT2D eigenvalue weighted by Gasteiger charge is -2.29. The van der Waals surface area contributed by atoms with Crippen molar-refractivity contribution in [3.63, 3.8) is 0 Å². The molecule has 0 radical (unpaired) electrons. The first kappa shape index (κ1) is 24.4. The highest BCUT2D eigenvalue weighted by molar-refractivity contribution is 7.89. The fraction of sp³-hybridized carbons (Fsp3) is 0.556. The SMILES string of the molecule is CCN(CC)S(=O)(=O)c1ccc(NC(=O)CN2CCC(C(=O)O)CC2)cc1.Cl. The number of hydrogen-bond donors (Lipinski definition) is 2. The van der Waals surface area contributed by atoms with Crippen LogP contribution in [-0.4, -0.2) is 67.3 Å². The number of carboxylic acid groups (broad SMARTS) is 1. The Balaban J connectivity index is 0.00000392. The molecule has 0 unspecified atom stereocenters. The van der Waals surface area contributed by atoms with Gasteiger partial charge in [-0.15, -0.1) is 12.4 Å². The van der Waals surface area contributed by atoms with Crippen molar-refractivity contribution >= 4 is 40.0 Å². The van der Waals surface area contributed by atoms with Crippen molar-refractivity contribution in [3.8, 4) is 0 Å². The van der Waals surface area contributed by atoms with Crippen molar-refractivity contribution in [2.45, 2.75) is 31.6 Å². The van der Waals surface area contributed by atoms with Gasteiger partial charge >= 0.3 is 5.97 Å². The highest BCUT2D eigenvalue weighted by Crippen LogP contribution is 2.19. The maximum atomic E-state index is 12.5. The van der Waals surface area contributed by atoms with Crippen LogP contribution >= 0.6 is 12.4 Å². The third-order valence-corrected chi connectivity index (χ3v) is 6.85. The van der Waals surface area contributed by atoms with Gasteiger partial charge in [-0.2, -0.15) is 4.31 Å². The third kappa shape index (κ3) is 6.16. The molecule has 1 heterocycles. The zero-order valence-corrected chi connectivity index (χ0v) is 17.8. The quantitative estimate of drug-likeness (QED) is 0.648. The van der Waals surface area contributed by atoms with E-state index in [1.165, 1.54) is 16.4 Å². The van der Waals surface area contributed by atoms with Crippen LogP contribution in [0.3, 0.4) is 0 Å². The van der Waals surface area contributed by atoms with E-state index in [2.05, 4.69) is 5.32 Å². The summed E-state index contributed by atoms with van der Waals surface area (Å²) in [6.07, 6.45) is 1.08. The van der Waals surface area contributed by atoms with Crippen molar-refractivity contribution in [2.24, 2.45) is 5.92 Å². The molecule has 158 valence electrons. The highest BCUT2D eigenvalue weighted by Gasteiger charge is 2.25. The minimum Gasteiger partial charge on any atom is -0.481 e. The Morgan fingerprint density at radius 2 is 1.68 bits per heavy atom. The topological polar surface area (TPSA) is 107 Å². The first-order valence-electron chi connectivity index (χ1n) is 9.13. The van der Waals surface area contributed by atoms with E-state index in [4.69, 9.17) is 5.11 Å². The second-order valence-corrected chi connectivity index (χ2v) is 8.49. The largest absolute Gasteiger partial charge is 0.481 e. The van der Waals surface area contributed by atoms with E-state index in [1.807, 2.05) is 4.90 Å². The lowest BCUT2D eigenvalue weighted by Crippen LogP contribution is -2.40. The molecule has 0 aromatic heterocycles. The number of amides is 1. The van der Waals surface area contributed by atoms with Crippen molar-refractivity contribution < 1.29 is 23.1 Å². The summed E-state index contributed by atoms with van der Waals surface area (Å²) in [5.41, 5.74) is 0.527. The average molecular weight is 434 g/mol. The Morgan fingerprint density at radius 3 is 2.14 bits per heavy atom. The van der Waals surface area contributed by atoms with Gasteiger partial charge in [0.25, 0.3) is 0 Å². The molecule has 0 bridgehead atoms. The number of anilines is 1. The van der Waals surface area contributed by atoms with Crippen LogP contribution in [0, 0.1) is 5.92 Å². The smallest absolute Gasteiger partial charge is 0.306 e. The minimum absolute atomic E-state index is 0. The molecule has 0 spiro atoms. The van der Waals surface area contributed by atoms with Crippen LogP contribution in [0.1, 0.15) is 26.7 Å². The number of carbonyl (C=O) groups is 2. The molecule has 0 atom stereocenters. The predicted octanol–water partition coefficient (Wildman–Crippen LogP) is 1.87. The van der Waals surface area contributed by atoms with E-state index in [1.54, 1.807) is 26.0 Å². The summed E-state index contributed by atoms with van der Waals surface area (Å²) in [6.45, 7) is 5.71. The van der Waals surface area contributed by atoms with Crippen LogP contribution in [-0.2, 0) is 19.6 Å². The molecule has 28 heavy (non-hydrogen) atoms. The first-order valence-corrected chi connectivity index (χ1v) is 10.6. The van der Waals surface area contributed by atoms with Crippen molar-refractivity contribution in [2.75, 3.05) is 38.0 Å². The summed E-state index contributed by atoms with van der Waals surface area (Å²) in [5.74, 6) is -1.31. The number of carboxylic acids is 1. The van der Waals surface area contributed by atoms with Crippen molar-refractivity contribution in [3.05, 3.63) is 24.3 Å². The first-order chi connectivity index (χ1) is 12.8. The zero-order valence-electron chi connectivity index (χ0n) is 16.1. The molecule has 0 aliphatic carbocycles. The van der Waals surface area contributed by atoms with Crippen LogP contribution in [0.4, 0.5) is 5.69 Å². The summed E-state index contributed by atoms with van der Waals surface area (Å²) in [4.78, 5) is 25.3. The molecule has 0 saturated carbocycles. The Morgan fingerprint density at radius 1 is 1.14 bits per heavy atom. The van der Waals surface area contributed by atoms with Crippen LogP contribution in [0.5, 0.6) is 0 Å². The van der Waals surface area contributed by atoms with Gasteiger partial charge in [-0.25, -0.2) is 8.42 Å². The number of hydrogen-bond acceptors (Lipinski definition) is 5. The number of likely N-dealkylation sites (tertiary alicyclic amines) is 1. The summed E-state index contributed by atoms with van der Waals surface area (Å²) in [6, 6.07) is 6.12. The average Bonchev–Trinajstić information content (AvgIpc) is 2.63. The Kier molecular flexibility index (Phi) is 9.35. The lowest BCUT2D eigenvalue weighted by molar-refractivity contribution is -0.143. The van der Waals surface area contributed by atoms with Gasteiger partial charge in [0.2, 0.25) is 15.9 Å². The summed E-state index contributed by atoms with van der Waals surface area (Å²) >= 11 is 0. The molecule has 1 fully saturated rings. The van der Waals surface area contributed by atoms with Crippen LogP contribution in [0.15, 0.2) is 29.2 Å². The number of sulfonamides is 1. The maximum absolute atomic E-state index is 12.5. The number of rotatable bonds is 8. The van der Waals surface area contributed by atoms with Crippen molar-refractivity contribution in [1.29, 1.82) is 0 Å². The molecule has 1 aliphatic heterocycles.